The molecular formula is C26H30ClN3O5S2. The average molecular weight is 564 g/mol. The molecule has 3 aromatic rings. The molecule has 8 nitrogen and oxygen atoms in total. The van der Waals surface area contributed by atoms with Gasteiger partial charge in [0.05, 0.1) is 22.5 Å². The highest BCUT2D eigenvalue weighted by Gasteiger charge is 2.32. The molecule has 2 heterocycles. The van der Waals surface area contributed by atoms with Crippen LogP contribution in [0.2, 0.25) is 5.02 Å². The van der Waals surface area contributed by atoms with Crippen LogP contribution in [0.1, 0.15) is 29.9 Å². The standard InChI is InChI=1S/C26H30ClN3O5S2/c1-17(2)13-22(29-26(32)24-14-18-5-3-4-6-23(18)36-24)25(31)28-15-20-16-30(11-12-35-20)37(33,34)21-9-7-19(27)8-10-21/h3-10,14,17,20,22H,11-13,15-16H2,1-2H3,(H,28,31)(H,29,32)/t20?,22-/m0/s1. The van der Waals surface area contributed by atoms with E-state index in [2.05, 4.69) is 10.6 Å². The van der Waals surface area contributed by atoms with Gasteiger partial charge in [-0.2, -0.15) is 4.31 Å². The van der Waals surface area contributed by atoms with Gasteiger partial charge in [0, 0.05) is 29.4 Å². The third-order valence-electron chi connectivity index (χ3n) is 6.04. The number of nitrogens with zero attached hydrogens (tertiary/aromatic N) is 1. The number of nitrogens with one attached hydrogen (secondary N) is 2. The summed E-state index contributed by atoms with van der Waals surface area (Å²) in [5, 5.41) is 7.16. The van der Waals surface area contributed by atoms with Crippen molar-refractivity contribution in [3.8, 4) is 0 Å². The largest absolute Gasteiger partial charge is 0.374 e. The topological polar surface area (TPSA) is 105 Å². The Hall–Kier alpha value is -2.50. The zero-order valence-corrected chi connectivity index (χ0v) is 23.0. The number of hydrogen-bond acceptors (Lipinski definition) is 6. The Morgan fingerprint density at radius 3 is 2.59 bits per heavy atom. The number of ether oxygens (including phenoxy) is 1. The van der Waals surface area contributed by atoms with Gasteiger partial charge in [0.25, 0.3) is 5.91 Å². The van der Waals surface area contributed by atoms with Crippen molar-refractivity contribution in [3.05, 3.63) is 64.5 Å². The van der Waals surface area contributed by atoms with Crippen LogP contribution in [-0.2, 0) is 19.6 Å². The van der Waals surface area contributed by atoms with E-state index in [1.165, 1.54) is 39.9 Å². The van der Waals surface area contributed by atoms with Crippen LogP contribution >= 0.6 is 22.9 Å². The van der Waals surface area contributed by atoms with Gasteiger partial charge in [0.1, 0.15) is 6.04 Å². The highest BCUT2D eigenvalue weighted by Crippen LogP contribution is 2.25. The molecule has 4 rings (SSSR count). The Labute approximate surface area is 226 Å². The number of amides is 2. The molecule has 2 atom stereocenters. The first-order chi connectivity index (χ1) is 17.6. The number of morpholine rings is 1. The van der Waals surface area contributed by atoms with Gasteiger partial charge in [-0.05, 0) is 54.1 Å². The normalized spacial score (nSPS) is 17.6. The van der Waals surface area contributed by atoms with Gasteiger partial charge < -0.3 is 15.4 Å². The molecule has 1 saturated heterocycles. The lowest BCUT2D eigenvalue weighted by Gasteiger charge is -2.32. The van der Waals surface area contributed by atoms with Crippen LogP contribution < -0.4 is 10.6 Å². The third-order valence-corrected chi connectivity index (χ3v) is 9.28. The number of benzene rings is 2. The average Bonchev–Trinajstić information content (AvgIpc) is 3.32. The predicted octanol–water partition coefficient (Wildman–Crippen LogP) is 3.91. The van der Waals surface area contributed by atoms with E-state index in [1.54, 1.807) is 0 Å². The predicted molar refractivity (Wildman–Crippen MR) is 145 cm³/mol. The summed E-state index contributed by atoms with van der Waals surface area (Å²) < 4.78 is 34.1. The molecule has 0 radical (unpaired) electrons. The zero-order chi connectivity index (χ0) is 26.6. The number of carbonyl (C=O) groups is 2. The van der Waals surface area contributed by atoms with Gasteiger partial charge in [-0.3, -0.25) is 9.59 Å². The molecule has 0 aliphatic carbocycles. The number of hydrogen-bond donors (Lipinski definition) is 2. The van der Waals surface area contributed by atoms with Gasteiger partial charge in [0.2, 0.25) is 15.9 Å². The summed E-state index contributed by atoms with van der Waals surface area (Å²) in [6.45, 7) is 4.63. The van der Waals surface area contributed by atoms with E-state index < -0.39 is 22.2 Å². The molecule has 198 valence electrons. The third kappa shape index (κ3) is 6.88. The van der Waals surface area contributed by atoms with E-state index in [0.717, 1.165) is 10.1 Å². The first kappa shape index (κ1) is 27.5. The summed E-state index contributed by atoms with van der Waals surface area (Å²) in [6.07, 6.45) is -0.0526. The maximum Gasteiger partial charge on any atom is 0.262 e. The molecule has 37 heavy (non-hydrogen) atoms. The first-order valence-electron chi connectivity index (χ1n) is 12.1. The molecule has 1 fully saturated rings. The number of rotatable bonds is 9. The lowest BCUT2D eigenvalue weighted by molar-refractivity contribution is -0.124. The molecule has 0 bridgehead atoms. The fourth-order valence-electron chi connectivity index (χ4n) is 4.15. The molecule has 0 saturated carbocycles. The van der Waals surface area contributed by atoms with Gasteiger partial charge in [-0.25, -0.2) is 8.42 Å². The van der Waals surface area contributed by atoms with E-state index in [1.807, 2.05) is 44.2 Å². The van der Waals surface area contributed by atoms with Gasteiger partial charge in [-0.15, -0.1) is 11.3 Å². The molecule has 1 unspecified atom stereocenters. The monoisotopic (exact) mass is 563 g/mol. The van der Waals surface area contributed by atoms with E-state index in [9.17, 15) is 18.0 Å². The molecule has 1 aromatic heterocycles. The zero-order valence-electron chi connectivity index (χ0n) is 20.6. The molecule has 2 amide bonds. The van der Waals surface area contributed by atoms with Crippen molar-refractivity contribution < 1.29 is 22.7 Å². The number of carbonyl (C=O) groups excluding carboxylic acids is 2. The van der Waals surface area contributed by atoms with Crippen molar-refractivity contribution in [2.75, 3.05) is 26.2 Å². The Morgan fingerprint density at radius 1 is 1.16 bits per heavy atom. The summed E-state index contributed by atoms with van der Waals surface area (Å²) in [6, 6.07) is 14.9. The Bertz CT molecular complexity index is 1330. The van der Waals surface area contributed by atoms with Crippen LogP contribution in [-0.4, -0.2) is 62.9 Å². The van der Waals surface area contributed by atoms with Crippen molar-refractivity contribution in [3.63, 3.8) is 0 Å². The number of halogens is 1. The quantitative estimate of drug-likeness (QED) is 0.411. The van der Waals surface area contributed by atoms with E-state index in [4.69, 9.17) is 16.3 Å². The van der Waals surface area contributed by atoms with Crippen LogP contribution in [0.15, 0.2) is 59.5 Å². The minimum absolute atomic E-state index is 0.105. The van der Waals surface area contributed by atoms with Crippen LogP contribution in [0.25, 0.3) is 10.1 Å². The lowest BCUT2D eigenvalue weighted by atomic mass is 10.0. The van der Waals surface area contributed by atoms with Gasteiger partial charge >= 0.3 is 0 Å². The fourth-order valence-corrected chi connectivity index (χ4v) is 6.70. The van der Waals surface area contributed by atoms with E-state index >= 15 is 0 Å². The van der Waals surface area contributed by atoms with Crippen LogP contribution in [0.3, 0.4) is 0 Å². The Kier molecular flexibility index (Phi) is 8.86. The number of fused-ring (bicyclic) bond motifs is 1. The summed E-state index contributed by atoms with van der Waals surface area (Å²) in [7, 11) is -3.71. The van der Waals surface area contributed by atoms with Gasteiger partial charge in [-0.1, -0.05) is 43.6 Å². The van der Waals surface area contributed by atoms with Crippen molar-refractivity contribution >= 4 is 54.9 Å². The lowest BCUT2D eigenvalue weighted by Crippen LogP contribution is -2.52. The van der Waals surface area contributed by atoms with Crippen molar-refractivity contribution in [2.24, 2.45) is 5.92 Å². The summed E-state index contributed by atoms with van der Waals surface area (Å²) in [5.41, 5.74) is 0. The summed E-state index contributed by atoms with van der Waals surface area (Å²) >= 11 is 7.27. The minimum Gasteiger partial charge on any atom is -0.374 e. The molecule has 11 heteroatoms. The second-order valence-corrected chi connectivity index (χ2v) is 12.8. The summed E-state index contributed by atoms with van der Waals surface area (Å²) in [5.74, 6) is -0.454. The molecule has 1 aliphatic heterocycles. The van der Waals surface area contributed by atoms with Crippen molar-refractivity contribution in [1.29, 1.82) is 0 Å². The van der Waals surface area contributed by atoms with Crippen molar-refractivity contribution in [1.82, 2.24) is 14.9 Å². The molecule has 1 aliphatic rings. The second-order valence-electron chi connectivity index (χ2n) is 9.36. The molecule has 0 spiro atoms. The minimum atomic E-state index is -3.71. The maximum absolute atomic E-state index is 13.1. The molecule has 2 N–H and O–H groups in total. The summed E-state index contributed by atoms with van der Waals surface area (Å²) in [4.78, 5) is 26.7. The number of thiophene rings is 1. The van der Waals surface area contributed by atoms with Crippen LogP contribution in [0.5, 0.6) is 0 Å². The Morgan fingerprint density at radius 2 is 1.89 bits per heavy atom. The highest BCUT2D eigenvalue weighted by molar-refractivity contribution is 7.89. The van der Waals surface area contributed by atoms with Gasteiger partial charge in [0.15, 0.2) is 0 Å². The first-order valence-corrected chi connectivity index (χ1v) is 14.7. The van der Waals surface area contributed by atoms with E-state index in [-0.39, 0.29) is 48.9 Å². The SMILES string of the molecule is CC(C)C[C@H](NC(=O)c1cc2ccccc2s1)C(=O)NCC1CN(S(=O)(=O)c2ccc(Cl)cc2)CCO1. The van der Waals surface area contributed by atoms with E-state index in [0.29, 0.717) is 16.3 Å². The molecular weight excluding hydrogens is 534 g/mol. The van der Waals surface area contributed by atoms with Crippen LogP contribution in [0.4, 0.5) is 0 Å². The molecule has 2 aromatic carbocycles. The smallest absolute Gasteiger partial charge is 0.262 e. The fraction of sp³-hybridized carbons (Fsp3) is 0.385. The van der Waals surface area contributed by atoms with Crippen LogP contribution in [0, 0.1) is 5.92 Å². The van der Waals surface area contributed by atoms with Crippen molar-refractivity contribution in [2.45, 2.75) is 37.3 Å². The highest BCUT2D eigenvalue weighted by atomic mass is 35.5. The Balaban J connectivity index is 1.37. The maximum atomic E-state index is 13.1. The second kappa shape index (κ2) is 11.9. The number of sulfonamides is 1.